The second-order valence-electron chi connectivity index (χ2n) is 4.35. The highest BCUT2D eigenvalue weighted by Gasteiger charge is 2.10. The van der Waals surface area contributed by atoms with Crippen molar-refractivity contribution < 1.29 is 8.42 Å². The molecule has 0 aliphatic carbocycles. The lowest BCUT2D eigenvalue weighted by Crippen LogP contribution is -2.13. The van der Waals surface area contributed by atoms with Crippen molar-refractivity contribution in [1.29, 1.82) is 5.26 Å². The predicted octanol–water partition coefficient (Wildman–Crippen LogP) is 0.916. The molecule has 0 saturated heterocycles. The monoisotopic (exact) mass is 303 g/mol. The summed E-state index contributed by atoms with van der Waals surface area (Å²) < 4.78 is 22.5. The van der Waals surface area contributed by atoms with Crippen LogP contribution in [0.1, 0.15) is 16.8 Å². The Labute approximate surface area is 122 Å². The number of rotatable bonds is 4. The number of nitrogens with zero attached hydrogens (tertiary/aromatic N) is 3. The molecule has 0 unspecified atom stereocenters. The van der Waals surface area contributed by atoms with Crippen LogP contribution in [0, 0.1) is 18.3 Å². The Kier molecular flexibility index (Phi) is 4.16. The van der Waals surface area contributed by atoms with Gasteiger partial charge in [0.1, 0.15) is 6.07 Å². The molecule has 0 amide bonds. The third-order valence-corrected chi connectivity index (χ3v) is 3.80. The van der Waals surface area contributed by atoms with Crippen molar-refractivity contribution in [3.05, 3.63) is 47.4 Å². The van der Waals surface area contributed by atoms with Crippen molar-refractivity contribution >= 4 is 15.8 Å². The van der Waals surface area contributed by atoms with Gasteiger partial charge in [0.2, 0.25) is 10.0 Å². The van der Waals surface area contributed by atoms with Crippen LogP contribution < -0.4 is 10.5 Å². The molecule has 0 aliphatic rings. The van der Waals surface area contributed by atoms with Crippen molar-refractivity contribution in [3.8, 4) is 6.07 Å². The molecule has 0 fully saturated rings. The lowest BCUT2D eigenvalue weighted by molar-refractivity contribution is 0.597. The van der Waals surface area contributed by atoms with E-state index < -0.39 is 10.0 Å². The van der Waals surface area contributed by atoms with E-state index in [9.17, 15) is 8.42 Å². The van der Waals surface area contributed by atoms with Gasteiger partial charge in [0.25, 0.3) is 0 Å². The number of aromatic nitrogens is 2. The van der Waals surface area contributed by atoms with E-state index in [1.165, 1.54) is 24.5 Å². The number of sulfonamides is 1. The van der Waals surface area contributed by atoms with Crippen LogP contribution in [-0.4, -0.2) is 18.4 Å². The maximum atomic E-state index is 11.3. The molecule has 0 saturated carbocycles. The highest BCUT2D eigenvalue weighted by atomic mass is 32.2. The van der Waals surface area contributed by atoms with E-state index in [2.05, 4.69) is 15.3 Å². The van der Waals surface area contributed by atoms with E-state index in [4.69, 9.17) is 10.4 Å². The Balaban J connectivity index is 2.20. The minimum absolute atomic E-state index is 0.0703. The second kappa shape index (κ2) is 5.87. The van der Waals surface area contributed by atoms with Crippen molar-refractivity contribution in [2.45, 2.75) is 18.4 Å². The van der Waals surface area contributed by atoms with Crippen molar-refractivity contribution in [2.75, 3.05) is 5.32 Å². The zero-order valence-electron chi connectivity index (χ0n) is 11.2. The summed E-state index contributed by atoms with van der Waals surface area (Å²) in [4.78, 5) is 8.01. The number of nitrogens with two attached hydrogens (primary N) is 1. The van der Waals surface area contributed by atoms with E-state index in [1.54, 1.807) is 13.0 Å². The molecule has 0 bridgehead atoms. The molecule has 0 spiro atoms. The van der Waals surface area contributed by atoms with Gasteiger partial charge in [0.15, 0.2) is 11.5 Å². The van der Waals surface area contributed by atoms with Gasteiger partial charge in [0.05, 0.1) is 4.90 Å². The number of nitriles is 1. The molecule has 108 valence electrons. The van der Waals surface area contributed by atoms with Gasteiger partial charge in [0, 0.05) is 18.9 Å². The third-order valence-electron chi connectivity index (χ3n) is 2.89. The number of nitrogens with one attached hydrogen (secondary N) is 1. The van der Waals surface area contributed by atoms with Crippen LogP contribution in [0.5, 0.6) is 0 Å². The first-order valence-corrected chi connectivity index (χ1v) is 7.54. The van der Waals surface area contributed by atoms with Crippen LogP contribution in [0.15, 0.2) is 35.5 Å². The molecule has 7 nitrogen and oxygen atoms in total. The second-order valence-corrected chi connectivity index (χ2v) is 5.91. The van der Waals surface area contributed by atoms with Crippen LogP contribution in [0.25, 0.3) is 0 Å². The third kappa shape index (κ3) is 3.53. The van der Waals surface area contributed by atoms with Crippen LogP contribution in [0.2, 0.25) is 0 Å². The number of aryl methyl sites for hydroxylation is 1. The highest BCUT2D eigenvalue weighted by molar-refractivity contribution is 7.89. The van der Waals surface area contributed by atoms with Gasteiger partial charge in [-0.1, -0.05) is 6.07 Å². The Morgan fingerprint density at radius 2 is 2.05 bits per heavy atom. The van der Waals surface area contributed by atoms with E-state index in [0.717, 1.165) is 11.1 Å². The smallest absolute Gasteiger partial charge is 0.238 e. The van der Waals surface area contributed by atoms with Gasteiger partial charge >= 0.3 is 0 Å². The van der Waals surface area contributed by atoms with E-state index in [-0.39, 0.29) is 10.6 Å². The fourth-order valence-corrected chi connectivity index (χ4v) is 2.37. The first-order chi connectivity index (χ1) is 9.91. The fraction of sp³-hybridized carbons (Fsp3) is 0.154. The lowest BCUT2D eigenvalue weighted by Gasteiger charge is -2.10. The maximum Gasteiger partial charge on any atom is 0.238 e. The quantitative estimate of drug-likeness (QED) is 0.866. The van der Waals surface area contributed by atoms with Gasteiger partial charge < -0.3 is 5.32 Å². The van der Waals surface area contributed by atoms with Crippen LogP contribution in [0.3, 0.4) is 0 Å². The highest BCUT2D eigenvalue weighted by Crippen LogP contribution is 2.16. The van der Waals surface area contributed by atoms with Crippen molar-refractivity contribution in [2.24, 2.45) is 5.14 Å². The zero-order valence-corrected chi connectivity index (χ0v) is 12.1. The lowest BCUT2D eigenvalue weighted by atomic mass is 10.1. The molecule has 1 heterocycles. The van der Waals surface area contributed by atoms with Gasteiger partial charge in [-0.15, -0.1) is 0 Å². The predicted molar refractivity (Wildman–Crippen MR) is 76.6 cm³/mol. The van der Waals surface area contributed by atoms with Gasteiger partial charge in [-0.25, -0.2) is 23.5 Å². The molecular weight excluding hydrogens is 290 g/mol. The molecule has 1 aromatic heterocycles. The fourth-order valence-electron chi connectivity index (χ4n) is 1.77. The summed E-state index contributed by atoms with van der Waals surface area (Å²) in [7, 11) is -3.71. The van der Waals surface area contributed by atoms with E-state index >= 15 is 0 Å². The minimum Gasteiger partial charge on any atom is -0.364 e. The molecule has 0 atom stereocenters. The molecule has 21 heavy (non-hydrogen) atoms. The van der Waals surface area contributed by atoms with Crippen LogP contribution in [-0.2, 0) is 16.6 Å². The molecule has 2 aromatic rings. The summed E-state index contributed by atoms with van der Waals surface area (Å²) in [6.07, 6.45) is 2.93. The van der Waals surface area contributed by atoms with Gasteiger partial charge in [-0.3, -0.25) is 0 Å². The van der Waals surface area contributed by atoms with Crippen molar-refractivity contribution in [3.63, 3.8) is 0 Å². The SMILES string of the molecule is Cc1cc(S(N)(=O)=O)ccc1CNc1nccnc1C#N. The molecule has 2 rings (SSSR count). The van der Waals surface area contributed by atoms with Crippen molar-refractivity contribution in [1.82, 2.24) is 9.97 Å². The first-order valence-electron chi connectivity index (χ1n) is 5.99. The maximum absolute atomic E-state index is 11.3. The topological polar surface area (TPSA) is 122 Å². The molecule has 0 aliphatic heterocycles. The standard InChI is InChI=1S/C13H13N5O2S/c1-9-6-11(21(15,19)20)3-2-10(9)8-18-13-12(7-14)16-4-5-17-13/h2-6H,8H2,1H3,(H,17,18)(H2,15,19,20). The molecule has 1 aromatic carbocycles. The van der Waals surface area contributed by atoms with Crippen LogP contribution >= 0.6 is 0 Å². The number of primary sulfonamides is 1. The summed E-state index contributed by atoms with van der Waals surface area (Å²) in [6.45, 7) is 2.18. The average molecular weight is 303 g/mol. The Hall–Kier alpha value is -2.50. The first kappa shape index (κ1) is 14.9. The van der Waals surface area contributed by atoms with Gasteiger partial charge in [-0.05, 0) is 30.2 Å². The Morgan fingerprint density at radius 3 is 2.67 bits per heavy atom. The van der Waals surface area contributed by atoms with E-state index in [1.807, 2.05) is 6.07 Å². The summed E-state index contributed by atoms with van der Waals surface area (Å²) in [5.74, 6) is 0.384. The molecular formula is C13H13N5O2S. The molecule has 8 heteroatoms. The van der Waals surface area contributed by atoms with Gasteiger partial charge in [-0.2, -0.15) is 5.26 Å². The number of anilines is 1. The normalized spacial score (nSPS) is 10.9. The number of hydrogen-bond donors (Lipinski definition) is 2. The summed E-state index contributed by atoms with van der Waals surface area (Å²) in [5, 5.41) is 17.0. The largest absolute Gasteiger partial charge is 0.364 e. The summed E-state index contributed by atoms with van der Waals surface area (Å²) in [5.41, 5.74) is 1.85. The summed E-state index contributed by atoms with van der Waals surface area (Å²) in [6, 6.07) is 6.57. The van der Waals surface area contributed by atoms with Crippen LogP contribution in [0.4, 0.5) is 5.82 Å². The molecule has 3 N–H and O–H groups in total. The Bertz CT molecular complexity index is 812. The number of benzene rings is 1. The number of hydrogen-bond acceptors (Lipinski definition) is 6. The molecule has 0 radical (unpaired) electrons. The zero-order chi connectivity index (χ0) is 15.5. The Morgan fingerprint density at radius 1 is 1.33 bits per heavy atom. The summed E-state index contributed by atoms with van der Waals surface area (Å²) >= 11 is 0. The minimum atomic E-state index is -3.71. The van der Waals surface area contributed by atoms with E-state index in [0.29, 0.717) is 12.4 Å². The average Bonchev–Trinajstić information content (AvgIpc) is 2.45.